The zero-order valence-electron chi connectivity index (χ0n) is 12.8. The maximum absolute atomic E-state index is 12.2. The first-order valence-electron chi connectivity index (χ1n) is 6.63. The largest absolute Gasteiger partial charge is 0.467 e. The summed E-state index contributed by atoms with van der Waals surface area (Å²) in [6.45, 7) is 10.5. The van der Waals surface area contributed by atoms with Gasteiger partial charge in [0.1, 0.15) is 11.6 Å². The fourth-order valence-electron chi connectivity index (χ4n) is 2.20. The molecule has 19 heavy (non-hydrogen) atoms. The molecule has 0 spiro atoms. The van der Waals surface area contributed by atoms with Crippen LogP contribution in [0.3, 0.4) is 0 Å². The molecule has 1 heterocycles. The second kappa shape index (κ2) is 5.52. The Hall–Kier alpha value is -1.04. The fourth-order valence-corrected chi connectivity index (χ4v) is 4.68. The molecular formula is C13H25NO4Si. The van der Waals surface area contributed by atoms with E-state index in [0.717, 1.165) is 12.1 Å². The zero-order chi connectivity index (χ0) is 14.8. The summed E-state index contributed by atoms with van der Waals surface area (Å²) in [4.78, 5) is 25.6. The fraction of sp³-hybridized carbons (Fsp3) is 0.846. The Bertz CT molecular complexity index is 362. The van der Waals surface area contributed by atoms with Gasteiger partial charge in [-0.25, -0.2) is 9.59 Å². The average Bonchev–Trinajstić information content (AvgIpc) is 2.24. The van der Waals surface area contributed by atoms with Crippen molar-refractivity contribution in [3.63, 3.8) is 0 Å². The number of esters is 1. The van der Waals surface area contributed by atoms with E-state index in [4.69, 9.17) is 9.47 Å². The first kappa shape index (κ1) is 16.0. The summed E-state index contributed by atoms with van der Waals surface area (Å²) in [6.07, 6.45) is -0.424. The van der Waals surface area contributed by atoms with Gasteiger partial charge in [-0.2, -0.15) is 0 Å². The van der Waals surface area contributed by atoms with Crippen LogP contribution in [0.25, 0.3) is 0 Å². The zero-order valence-corrected chi connectivity index (χ0v) is 13.8. The minimum Gasteiger partial charge on any atom is -0.467 e. The molecule has 0 aromatic carbocycles. The maximum atomic E-state index is 12.2. The minimum absolute atomic E-state index is 0.342. The molecule has 0 radical (unpaired) electrons. The van der Waals surface area contributed by atoms with Crippen LogP contribution in [0.4, 0.5) is 4.79 Å². The lowest BCUT2D eigenvalue weighted by atomic mass is 10.2. The highest BCUT2D eigenvalue weighted by Gasteiger charge is 2.42. The number of hydrogen-bond donors (Lipinski definition) is 0. The molecule has 1 saturated heterocycles. The molecule has 110 valence electrons. The van der Waals surface area contributed by atoms with Crippen LogP contribution in [0, 0.1) is 0 Å². The number of methoxy groups -OCH3 is 1. The van der Waals surface area contributed by atoms with Gasteiger partial charge in [0.2, 0.25) is 0 Å². The van der Waals surface area contributed by atoms with E-state index in [0.29, 0.717) is 6.54 Å². The predicted octanol–water partition coefficient (Wildman–Crippen LogP) is 2.49. The predicted molar refractivity (Wildman–Crippen MR) is 75.8 cm³/mol. The number of ether oxygens (including phenoxy) is 2. The first-order chi connectivity index (χ1) is 8.56. The van der Waals surface area contributed by atoms with Crippen LogP contribution >= 0.6 is 0 Å². The number of amides is 1. The summed E-state index contributed by atoms with van der Waals surface area (Å²) >= 11 is 0. The monoisotopic (exact) mass is 287 g/mol. The molecule has 1 aliphatic heterocycles. The minimum atomic E-state index is -1.43. The molecule has 0 aromatic rings. The molecule has 1 aliphatic rings. The van der Waals surface area contributed by atoms with Gasteiger partial charge >= 0.3 is 12.1 Å². The molecular weight excluding hydrogens is 262 g/mol. The van der Waals surface area contributed by atoms with Crippen molar-refractivity contribution < 1.29 is 19.1 Å². The summed E-state index contributed by atoms with van der Waals surface area (Å²) in [5.74, 6) is -0.342. The van der Waals surface area contributed by atoms with Crippen molar-refractivity contribution in [3.8, 4) is 0 Å². The number of carbonyl (C=O) groups is 2. The first-order valence-corrected chi connectivity index (χ1v) is 10.0. The molecule has 0 N–H and O–H groups in total. The molecule has 6 heteroatoms. The van der Waals surface area contributed by atoms with Crippen LogP contribution in [0.5, 0.6) is 0 Å². The Morgan fingerprint density at radius 1 is 1.26 bits per heavy atom. The summed E-state index contributed by atoms with van der Waals surface area (Å²) in [6, 6.07) is 1.23. The third kappa shape index (κ3) is 4.52. The Balaban J connectivity index is 2.85. The average molecular weight is 287 g/mol. The Morgan fingerprint density at radius 2 is 1.84 bits per heavy atom. The highest BCUT2D eigenvalue weighted by molar-refractivity contribution is 6.78. The van der Waals surface area contributed by atoms with Gasteiger partial charge in [-0.15, -0.1) is 0 Å². The van der Waals surface area contributed by atoms with Gasteiger partial charge < -0.3 is 9.47 Å². The molecule has 5 nitrogen and oxygen atoms in total. The Morgan fingerprint density at radius 3 is 2.32 bits per heavy atom. The van der Waals surface area contributed by atoms with Crippen LogP contribution in [0.15, 0.2) is 0 Å². The van der Waals surface area contributed by atoms with Crippen molar-refractivity contribution in [2.75, 3.05) is 13.7 Å². The van der Waals surface area contributed by atoms with Crippen molar-refractivity contribution in [1.29, 1.82) is 0 Å². The highest BCUT2D eigenvalue weighted by atomic mass is 28.3. The van der Waals surface area contributed by atoms with Crippen molar-refractivity contribution in [3.05, 3.63) is 0 Å². The smallest absolute Gasteiger partial charge is 0.411 e. The molecule has 0 unspecified atom stereocenters. The number of hydrogen-bond acceptors (Lipinski definition) is 4. The van der Waals surface area contributed by atoms with Gasteiger partial charge in [-0.3, -0.25) is 4.90 Å². The molecule has 0 bridgehead atoms. The lowest BCUT2D eigenvalue weighted by molar-refractivity contribution is -0.146. The van der Waals surface area contributed by atoms with Gasteiger partial charge in [0.25, 0.3) is 0 Å². The lowest BCUT2D eigenvalue weighted by Crippen LogP contribution is -2.56. The van der Waals surface area contributed by atoms with Crippen molar-refractivity contribution in [1.82, 2.24) is 4.90 Å². The van der Waals surface area contributed by atoms with E-state index in [1.165, 1.54) is 12.0 Å². The summed E-state index contributed by atoms with van der Waals surface area (Å²) in [7, 11) is -0.0693. The Labute approximate surface area is 116 Å². The van der Waals surface area contributed by atoms with E-state index < -0.39 is 25.8 Å². The van der Waals surface area contributed by atoms with Gasteiger partial charge in [0.05, 0.1) is 15.2 Å². The Kier molecular flexibility index (Phi) is 4.66. The van der Waals surface area contributed by atoms with E-state index in [1.807, 2.05) is 20.8 Å². The van der Waals surface area contributed by atoms with Crippen molar-refractivity contribution in [2.45, 2.75) is 57.6 Å². The second-order valence-corrected chi connectivity index (χ2v) is 12.1. The number of nitrogens with zero attached hydrogens (tertiary/aromatic N) is 1. The molecule has 1 rings (SSSR count). The van der Waals surface area contributed by atoms with E-state index in [9.17, 15) is 9.59 Å². The quantitative estimate of drug-likeness (QED) is 0.549. The summed E-state index contributed by atoms with van der Waals surface area (Å²) < 4.78 is 10.2. The summed E-state index contributed by atoms with van der Waals surface area (Å²) in [5, 5.41) is 0. The summed E-state index contributed by atoms with van der Waals surface area (Å²) in [5.41, 5.74) is -0.553. The van der Waals surface area contributed by atoms with E-state index in [2.05, 4.69) is 13.1 Å². The molecule has 1 fully saturated rings. The van der Waals surface area contributed by atoms with E-state index >= 15 is 0 Å². The molecule has 1 amide bonds. The normalized spacial score (nSPS) is 22.8. The third-order valence-electron chi connectivity index (χ3n) is 3.25. The van der Waals surface area contributed by atoms with Crippen LogP contribution in [-0.2, 0) is 14.3 Å². The maximum Gasteiger partial charge on any atom is 0.411 e. The SMILES string of the molecule is COC(=O)[C@@H]1C[Si](C)(C)CCN1C(=O)OC(C)(C)C. The lowest BCUT2D eigenvalue weighted by Gasteiger charge is -2.41. The van der Waals surface area contributed by atoms with E-state index in [1.54, 1.807) is 0 Å². The van der Waals surface area contributed by atoms with Crippen LogP contribution < -0.4 is 0 Å². The van der Waals surface area contributed by atoms with Gasteiger partial charge in [-0.1, -0.05) is 13.1 Å². The molecule has 0 saturated carbocycles. The standard InChI is InChI=1S/C13H25NO4Si/c1-13(2,3)18-12(16)14-7-8-19(5,6)9-10(14)11(15)17-4/h10H,7-9H2,1-6H3/t10-/m0/s1. The molecule has 1 atom stereocenters. The van der Waals surface area contributed by atoms with E-state index in [-0.39, 0.29) is 5.97 Å². The topological polar surface area (TPSA) is 55.8 Å². The molecule has 0 aromatic heterocycles. The van der Waals surface area contributed by atoms with Crippen LogP contribution in [0.1, 0.15) is 20.8 Å². The van der Waals surface area contributed by atoms with Gasteiger partial charge in [0.15, 0.2) is 0 Å². The second-order valence-electron chi connectivity index (χ2n) is 6.83. The number of carbonyl (C=O) groups excluding carboxylic acids is 2. The third-order valence-corrected chi connectivity index (χ3v) is 6.32. The van der Waals surface area contributed by atoms with Crippen molar-refractivity contribution >= 4 is 20.1 Å². The highest BCUT2D eigenvalue weighted by Crippen LogP contribution is 2.29. The van der Waals surface area contributed by atoms with Crippen molar-refractivity contribution in [2.24, 2.45) is 0 Å². The van der Waals surface area contributed by atoms with Gasteiger partial charge in [0, 0.05) is 6.54 Å². The van der Waals surface area contributed by atoms with Gasteiger partial charge in [-0.05, 0) is 32.9 Å². The number of rotatable bonds is 1. The van der Waals surface area contributed by atoms with Crippen LogP contribution in [-0.4, -0.2) is 50.3 Å². The molecule has 0 aliphatic carbocycles. The van der Waals surface area contributed by atoms with Crippen LogP contribution in [0.2, 0.25) is 25.2 Å².